The average molecular weight is 462 g/mol. The fourth-order valence-electron chi connectivity index (χ4n) is 3.30. The maximum Gasteiger partial charge on any atom is 0.410 e. The lowest BCUT2D eigenvalue weighted by molar-refractivity contribution is 0.0241. The van der Waals surface area contributed by atoms with E-state index in [4.69, 9.17) is 4.74 Å². The van der Waals surface area contributed by atoms with E-state index in [-0.39, 0.29) is 12.1 Å². The van der Waals surface area contributed by atoms with Crippen molar-refractivity contribution in [3.8, 4) is 0 Å². The Balaban J connectivity index is 1.82. The molecule has 2 aromatic rings. The fourth-order valence-corrected chi connectivity index (χ4v) is 4.16. The molecule has 0 bridgehead atoms. The van der Waals surface area contributed by atoms with Gasteiger partial charge in [0.2, 0.25) is 10.0 Å². The molecule has 172 valence electrons. The molecular weight excluding hydrogens is 434 g/mol. The van der Waals surface area contributed by atoms with Gasteiger partial charge in [-0.3, -0.25) is 14.2 Å². The van der Waals surface area contributed by atoms with Crippen molar-refractivity contribution in [3.63, 3.8) is 0 Å². The number of rotatable bonds is 5. The number of anilines is 1. The molecule has 0 aliphatic carbocycles. The van der Waals surface area contributed by atoms with Gasteiger partial charge in [-0.25, -0.2) is 18.0 Å². The number of esters is 1. The minimum Gasteiger partial charge on any atom is -0.465 e. The second-order valence-corrected chi connectivity index (χ2v) is 10.5. The van der Waals surface area contributed by atoms with Crippen LogP contribution in [0.5, 0.6) is 0 Å². The molecule has 0 radical (unpaired) electrons. The highest BCUT2D eigenvalue weighted by Crippen LogP contribution is 2.30. The summed E-state index contributed by atoms with van der Waals surface area (Å²) in [7, 11) is -2.34. The van der Waals surface area contributed by atoms with Crippen LogP contribution < -0.4 is 4.31 Å². The van der Waals surface area contributed by atoms with Crippen molar-refractivity contribution in [2.45, 2.75) is 46.0 Å². The Morgan fingerprint density at radius 2 is 1.81 bits per heavy atom. The Hall–Kier alpha value is -3.14. The second-order valence-electron chi connectivity index (χ2n) is 8.59. The normalized spacial score (nSPS) is 13.5. The minimum absolute atomic E-state index is 0.00511. The molecule has 3 rings (SSSR count). The lowest BCUT2D eigenvalue weighted by Crippen LogP contribution is -2.33. The van der Waals surface area contributed by atoms with Crippen LogP contribution in [0.25, 0.3) is 0 Å². The number of fused-ring (bicyclic) bond motifs is 1. The van der Waals surface area contributed by atoms with Crippen molar-refractivity contribution in [1.29, 1.82) is 0 Å². The highest BCUT2D eigenvalue weighted by atomic mass is 32.2. The Kier molecular flexibility index (Phi) is 6.45. The first kappa shape index (κ1) is 23.5. The molecule has 2 heterocycles. The van der Waals surface area contributed by atoms with Crippen LogP contribution in [0.1, 0.15) is 48.0 Å². The number of hydrogen-bond donors (Lipinski definition) is 0. The average Bonchev–Trinajstić information content (AvgIpc) is 3.13. The summed E-state index contributed by atoms with van der Waals surface area (Å²) in [5, 5.41) is 0. The number of aromatic nitrogens is 1. The summed E-state index contributed by atoms with van der Waals surface area (Å²) in [5.41, 5.74) is 2.42. The number of carbonyl (C=O) groups is 2. The largest absolute Gasteiger partial charge is 0.465 e. The standard InChI is InChI=1S/C22H27N3O6S/c1-22(2,3)31-21(27)24-12-16-7-9-19(10-17(16)13-24)25(32(5,28)29)14-18-8-6-15(11-23-18)20(26)30-4/h6-11H,12-14H2,1-5H3. The number of benzene rings is 1. The molecule has 1 aromatic heterocycles. The predicted octanol–water partition coefficient (Wildman–Crippen LogP) is 3.09. The van der Waals surface area contributed by atoms with E-state index in [9.17, 15) is 18.0 Å². The molecule has 0 N–H and O–H groups in total. The fraction of sp³-hybridized carbons (Fsp3) is 0.409. The van der Waals surface area contributed by atoms with Gasteiger partial charge in [-0.2, -0.15) is 0 Å². The van der Waals surface area contributed by atoms with Crippen molar-refractivity contribution < 1.29 is 27.5 Å². The van der Waals surface area contributed by atoms with Crippen LogP contribution in [0.2, 0.25) is 0 Å². The smallest absolute Gasteiger partial charge is 0.410 e. The minimum atomic E-state index is -3.62. The van der Waals surface area contributed by atoms with E-state index >= 15 is 0 Å². The second kappa shape index (κ2) is 8.78. The molecule has 0 atom stereocenters. The molecule has 0 spiro atoms. The number of sulfonamides is 1. The van der Waals surface area contributed by atoms with Gasteiger partial charge in [-0.1, -0.05) is 6.07 Å². The lowest BCUT2D eigenvalue weighted by atomic mass is 10.1. The molecule has 0 saturated carbocycles. The van der Waals surface area contributed by atoms with Crippen LogP contribution in [0.4, 0.5) is 10.5 Å². The molecule has 0 saturated heterocycles. The third-order valence-corrected chi connectivity index (χ3v) is 5.94. The van der Waals surface area contributed by atoms with Crippen LogP contribution in [0, 0.1) is 0 Å². The number of carbonyl (C=O) groups excluding carboxylic acids is 2. The quantitative estimate of drug-likeness (QED) is 0.630. The molecule has 1 amide bonds. The SMILES string of the molecule is COC(=O)c1ccc(CN(c2ccc3c(c2)CN(C(=O)OC(C)(C)C)C3)S(C)(=O)=O)nc1. The maximum atomic E-state index is 12.5. The summed E-state index contributed by atoms with van der Waals surface area (Å²) in [4.78, 5) is 29.8. The zero-order chi connectivity index (χ0) is 23.7. The van der Waals surface area contributed by atoms with Crippen molar-refractivity contribution in [3.05, 3.63) is 58.9 Å². The van der Waals surface area contributed by atoms with Crippen LogP contribution in [0.3, 0.4) is 0 Å². The van der Waals surface area contributed by atoms with Crippen molar-refractivity contribution in [1.82, 2.24) is 9.88 Å². The van der Waals surface area contributed by atoms with E-state index in [0.29, 0.717) is 24.5 Å². The summed E-state index contributed by atoms with van der Waals surface area (Å²) in [6, 6.07) is 8.42. The molecule has 10 heteroatoms. The number of hydrogen-bond acceptors (Lipinski definition) is 7. The highest BCUT2D eigenvalue weighted by molar-refractivity contribution is 7.92. The van der Waals surface area contributed by atoms with E-state index in [1.807, 2.05) is 26.8 Å². The molecule has 1 aliphatic rings. The Labute approximate surface area is 188 Å². The van der Waals surface area contributed by atoms with E-state index in [0.717, 1.165) is 17.4 Å². The number of nitrogens with zero attached hydrogens (tertiary/aromatic N) is 3. The van der Waals surface area contributed by atoms with Gasteiger partial charge in [-0.05, 0) is 56.2 Å². The summed E-state index contributed by atoms with van der Waals surface area (Å²) < 4.78 is 36.4. The van der Waals surface area contributed by atoms with Gasteiger partial charge >= 0.3 is 12.1 Å². The molecule has 0 unspecified atom stereocenters. The zero-order valence-electron chi connectivity index (χ0n) is 18.8. The van der Waals surface area contributed by atoms with E-state index in [2.05, 4.69) is 9.72 Å². The summed E-state index contributed by atoms with van der Waals surface area (Å²) in [5.74, 6) is -0.516. The van der Waals surface area contributed by atoms with Crippen LogP contribution in [-0.2, 0) is 39.1 Å². The highest BCUT2D eigenvalue weighted by Gasteiger charge is 2.29. The van der Waals surface area contributed by atoms with E-state index in [1.54, 1.807) is 23.1 Å². The molecule has 32 heavy (non-hydrogen) atoms. The third kappa shape index (κ3) is 5.56. The number of ether oxygens (including phenoxy) is 2. The molecule has 1 aromatic carbocycles. The van der Waals surface area contributed by atoms with Gasteiger partial charge in [0.1, 0.15) is 5.60 Å². The Morgan fingerprint density at radius 3 is 2.38 bits per heavy atom. The summed E-state index contributed by atoms with van der Waals surface area (Å²) in [6.45, 7) is 6.16. The zero-order valence-corrected chi connectivity index (χ0v) is 19.6. The monoisotopic (exact) mass is 461 g/mol. The first-order chi connectivity index (χ1) is 14.9. The molecule has 1 aliphatic heterocycles. The van der Waals surface area contributed by atoms with Crippen molar-refractivity contribution in [2.24, 2.45) is 0 Å². The topological polar surface area (TPSA) is 106 Å². The van der Waals surface area contributed by atoms with E-state index < -0.39 is 27.7 Å². The van der Waals surface area contributed by atoms with Crippen LogP contribution in [-0.4, -0.2) is 49.3 Å². The van der Waals surface area contributed by atoms with Crippen LogP contribution >= 0.6 is 0 Å². The summed E-state index contributed by atoms with van der Waals surface area (Å²) in [6.07, 6.45) is 2.06. The first-order valence-electron chi connectivity index (χ1n) is 9.98. The molecule has 9 nitrogen and oxygen atoms in total. The van der Waals surface area contributed by atoms with Crippen molar-refractivity contribution >= 4 is 27.8 Å². The molecular formula is C22H27N3O6S. The summed E-state index contributed by atoms with van der Waals surface area (Å²) >= 11 is 0. The Morgan fingerprint density at radius 1 is 1.12 bits per heavy atom. The van der Waals surface area contributed by atoms with Crippen LogP contribution in [0.15, 0.2) is 36.5 Å². The first-order valence-corrected chi connectivity index (χ1v) is 11.8. The van der Waals surface area contributed by atoms with Gasteiger partial charge in [-0.15, -0.1) is 0 Å². The van der Waals surface area contributed by atoms with Crippen molar-refractivity contribution in [2.75, 3.05) is 17.7 Å². The maximum absolute atomic E-state index is 12.5. The van der Waals surface area contributed by atoms with Gasteiger partial charge < -0.3 is 9.47 Å². The lowest BCUT2D eigenvalue weighted by Gasteiger charge is -2.24. The molecule has 0 fully saturated rings. The number of methoxy groups -OCH3 is 1. The van der Waals surface area contributed by atoms with E-state index in [1.165, 1.54) is 23.7 Å². The van der Waals surface area contributed by atoms with Gasteiger partial charge in [0, 0.05) is 19.3 Å². The van der Waals surface area contributed by atoms with Gasteiger partial charge in [0.15, 0.2) is 0 Å². The van der Waals surface area contributed by atoms with Gasteiger partial charge in [0.05, 0.1) is 36.9 Å². The number of amides is 1. The third-order valence-electron chi connectivity index (χ3n) is 4.80. The number of pyridine rings is 1. The Bertz CT molecular complexity index is 1120. The van der Waals surface area contributed by atoms with Gasteiger partial charge in [0.25, 0.3) is 0 Å². The predicted molar refractivity (Wildman–Crippen MR) is 119 cm³/mol.